The van der Waals surface area contributed by atoms with Crippen LogP contribution in [-0.2, 0) is 6.54 Å². The molecular formula is C16H20ClN3S. The summed E-state index contributed by atoms with van der Waals surface area (Å²) >= 11 is 7.85. The lowest BCUT2D eigenvalue weighted by Gasteiger charge is -2.09. The molecule has 0 aliphatic rings. The van der Waals surface area contributed by atoms with Crippen LogP contribution < -0.4 is 5.32 Å². The van der Waals surface area contributed by atoms with E-state index in [1.54, 1.807) is 6.20 Å². The van der Waals surface area contributed by atoms with Gasteiger partial charge in [0.2, 0.25) is 0 Å². The fourth-order valence-electron chi connectivity index (χ4n) is 1.82. The molecule has 0 radical (unpaired) electrons. The molecule has 3 nitrogen and oxygen atoms in total. The van der Waals surface area contributed by atoms with Gasteiger partial charge in [-0.25, -0.2) is 9.97 Å². The van der Waals surface area contributed by atoms with Crippen LogP contribution in [0.5, 0.6) is 0 Å². The van der Waals surface area contributed by atoms with Gasteiger partial charge in [0.1, 0.15) is 0 Å². The zero-order valence-corrected chi connectivity index (χ0v) is 14.1. The molecule has 0 atom stereocenters. The molecular weight excluding hydrogens is 302 g/mol. The van der Waals surface area contributed by atoms with E-state index in [1.165, 1.54) is 17.3 Å². The summed E-state index contributed by atoms with van der Waals surface area (Å²) in [5.41, 5.74) is 2.15. The van der Waals surface area contributed by atoms with Crippen molar-refractivity contribution in [2.75, 3.05) is 6.54 Å². The van der Waals surface area contributed by atoms with Crippen molar-refractivity contribution in [3.63, 3.8) is 0 Å². The minimum Gasteiger partial charge on any atom is -0.312 e. The fraction of sp³-hybridized carbons (Fsp3) is 0.375. The van der Waals surface area contributed by atoms with Crippen LogP contribution in [-0.4, -0.2) is 16.5 Å². The maximum Gasteiger partial charge on any atom is 0.192 e. The molecule has 0 unspecified atom stereocenters. The highest BCUT2D eigenvalue weighted by Gasteiger charge is 2.06. The molecule has 0 aliphatic carbocycles. The van der Waals surface area contributed by atoms with Crippen LogP contribution in [0.3, 0.4) is 0 Å². The monoisotopic (exact) mass is 321 g/mol. The lowest BCUT2D eigenvalue weighted by atomic mass is 10.2. The summed E-state index contributed by atoms with van der Waals surface area (Å²) in [7, 11) is 0. The standard InChI is InChI=1S/C16H20ClN3S/c1-11(2)9-18-10-13-4-5-15(14(17)8-13)21-16-19-7-6-12(3)20-16/h4-8,11,18H,9-10H2,1-3H3. The molecule has 0 saturated heterocycles. The summed E-state index contributed by atoms with van der Waals surface area (Å²) in [6.07, 6.45) is 1.77. The maximum atomic E-state index is 6.36. The number of hydrogen-bond donors (Lipinski definition) is 1. The Balaban J connectivity index is 2.02. The summed E-state index contributed by atoms with van der Waals surface area (Å²) in [6.45, 7) is 8.19. The van der Waals surface area contributed by atoms with Crippen molar-refractivity contribution in [3.8, 4) is 0 Å². The van der Waals surface area contributed by atoms with Gasteiger partial charge in [0.25, 0.3) is 0 Å². The van der Waals surface area contributed by atoms with Crippen LogP contribution >= 0.6 is 23.4 Å². The Hall–Kier alpha value is -1.10. The van der Waals surface area contributed by atoms with Gasteiger partial charge in [-0.3, -0.25) is 0 Å². The number of rotatable bonds is 6. The minimum absolute atomic E-state index is 0.647. The van der Waals surface area contributed by atoms with Gasteiger partial charge in [0.05, 0.1) is 5.02 Å². The Bertz CT molecular complexity index is 602. The second-order valence-corrected chi connectivity index (χ2v) is 6.79. The SMILES string of the molecule is Cc1ccnc(Sc2ccc(CNCC(C)C)cc2Cl)n1. The van der Waals surface area contributed by atoms with Crippen molar-refractivity contribution in [2.45, 2.75) is 37.4 Å². The Kier molecular flexibility index (Phi) is 6.03. The second-order valence-electron chi connectivity index (χ2n) is 5.37. The first-order valence-corrected chi connectivity index (χ1v) is 8.20. The summed E-state index contributed by atoms with van der Waals surface area (Å²) in [5, 5.41) is 4.88. The van der Waals surface area contributed by atoms with E-state index in [2.05, 4.69) is 35.2 Å². The van der Waals surface area contributed by atoms with Crippen molar-refractivity contribution in [2.24, 2.45) is 5.92 Å². The molecule has 1 aromatic heterocycles. The van der Waals surface area contributed by atoms with Gasteiger partial charge >= 0.3 is 0 Å². The molecule has 112 valence electrons. The van der Waals surface area contributed by atoms with E-state index in [1.807, 2.05) is 25.1 Å². The third-order valence-electron chi connectivity index (χ3n) is 2.85. The van der Waals surface area contributed by atoms with Gasteiger partial charge in [0.15, 0.2) is 5.16 Å². The maximum absolute atomic E-state index is 6.36. The third-order valence-corrected chi connectivity index (χ3v) is 4.23. The normalized spacial score (nSPS) is 11.1. The molecule has 0 spiro atoms. The molecule has 1 aromatic carbocycles. The quantitative estimate of drug-likeness (QED) is 0.803. The first-order chi connectivity index (χ1) is 10.0. The first-order valence-electron chi connectivity index (χ1n) is 7.01. The second kappa shape index (κ2) is 7.78. The number of hydrogen-bond acceptors (Lipinski definition) is 4. The minimum atomic E-state index is 0.647. The van der Waals surface area contributed by atoms with Gasteiger partial charge < -0.3 is 5.32 Å². The molecule has 0 saturated carbocycles. The zero-order valence-electron chi connectivity index (χ0n) is 12.6. The Morgan fingerprint density at radius 1 is 1.29 bits per heavy atom. The van der Waals surface area contributed by atoms with E-state index < -0.39 is 0 Å². The molecule has 0 bridgehead atoms. The molecule has 1 N–H and O–H groups in total. The number of nitrogens with zero attached hydrogens (tertiary/aromatic N) is 2. The van der Waals surface area contributed by atoms with Gasteiger partial charge in [-0.05, 0) is 54.9 Å². The fourth-order valence-corrected chi connectivity index (χ4v) is 2.93. The largest absolute Gasteiger partial charge is 0.312 e. The van der Waals surface area contributed by atoms with Crippen molar-refractivity contribution in [3.05, 3.63) is 46.7 Å². The molecule has 21 heavy (non-hydrogen) atoms. The van der Waals surface area contributed by atoms with Crippen molar-refractivity contribution < 1.29 is 0 Å². The first kappa shape index (κ1) is 16.3. The molecule has 0 aliphatic heterocycles. The van der Waals surface area contributed by atoms with Crippen molar-refractivity contribution in [1.29, 1.82) is 0 Å². The van der Waals surface area contributed by atoms with E-state index >= 15 is 0 Å². The highest BCUT2D eigenvalue weighted by molar-refractivity contribution is 7.99. The van der Waals surface area contributed by atoms with E-state index in [4.69, 9.17) is 11.6 Å². The van der Waals surface area contributed by atoms with Gasteiger partial charge in [-0.2, -0.15) is 0 Å². The van der Waals surface area contributed by atoms with Crippen LogP contribution in [0.15, 0.2) is 40.5 Å². The molecule has 0 amide bonds. The average Bonchev–Trinajstić information content (AvgIpc) is 2.41. The Labute approximate surface area is 135 Å². The van der Waals surface area contributed by atoms with E-state index in [-0.39, 0.29) is 0 Å². The lowest BCUT2D eigenvalue weighted by molar-refractivity contribution is 0.552. The van der Waals surface area contributed by atoms with Crippen molar-refractivity contribution >= 4 is 23.4 Å². The van der Waals surface area contributed by atoms with Crippen LogP contribution in [0, 0.1) is 12.8 Å². The molecule has 1 heterocycles. The summed E-state index contributed by atoms with van der Waals surface area (Å²) < 4.78 is 0. The van der Waals surface area contributed by atoms with Crippen LogP contribution in [0.2, 0.25) is 5.02 Å². The van der Waals surface area contributed by atoms with Gasteiger partial charge in [-0.15, -0.1) is 0 Å². The third kappa shape index (κ3) is 5.30. The molecule has 5 heteroatoms. The topological polar surface area (TPSA) is 37.8 Å². The Morgan fingerprint density at radius 3 is 2.76 bits per heavy atom. The number of aryl methyl sites for hydroxylation is 1. The smallest absolute Gasteiger partial charge is 0.192 e. The van der Waals surface area contributed by atoms with Gasteiger partial charge in [-0.1, -0.05) is 31.5 Å². The predicted octanol–water partition coefficient (Wildman–Crippen LogP) is 4.34. The van der Waals surface area contributed by atoms with Crippen molar-refractivity contribution in [1.82, 2.24) is 15.3 Å². The van der Waals surface area contributed by atoms with Crippen LogP contribution in [0.25, 0.3) is 0 Å². The number of halogens is 1. The van der Waals surface area contributed by atoms with Gasteiger partial charge in [0, 0.05) is 23.3 Å². The van der Waals surface area contributed by atoms with E-state index in [9.17, 15) is 0 Å². The lowest BCUT2D eigenvalue weighted by Crippen LogP contribution is -2.18. The summed E-state index contributed by atoms with van der Waals surface area (Å²) in [4.78, 5) is 9.61. The van der Waals surface area contributed by atoms with Crippen LogP contribution in [0.1, 0.15) is 25.1 Å². The average molecular weight is 322 g/mol. The Morgan fingerprint density at radius 2 is 2.10 bits per heavy atom. The zero-order chi connectivity index (χ0) is 15.2. The molecule has 0 fully saturated rings. The highest BCUT2D eigenvalue weighted by Crippen LogP contribution is 2.31. The molecule has 2 rings (SSSR count). The number of aromatic nitrogens is 2. The summed E-state index contributed by atoms with van der Waals surface area (Å²) in [5.74, 6) is 0.647. The van der Waals surface area contributed by atoms with Crippen LogP contribution in [0.4, 0.5) is 0 Å². The predicted molar refractivity (Wildman–Crippen MR) is 88.9 cm³/mol. The highest BCUT2D eigenvalue weighted by atomic mass is 35.5. The molecule has 2 aromatic rings. The summed E-state index contributed by atoms with van der Waals surface area (Å²) in [6, 6.07) is 8.02. The van der Waals surface area contributed by atoms with E-state index in [0.29, 0.717) is 5.92 Å². The van der Waals surface area contributed by atoms with E-state index in [0.717, 1.165) is 33.9 Å². The number of nitrogens with one attached hydrogen (secondary N) is 1. The number of benzene rings is 1.